The van der Waals surface area contributed by atoms with Crippen molar-refractivity contribution in [2.45, 2.75) is 6.54 Å². The summed E-state index contributed by atoms with van der Waals surface area (Å²) in [6.07, 6.45) is 4.31. The van der Waals surface area contributed by atoms with Crippen molar-refractivity contribution in [1.29, 1.82) is 0 Å². The number of phenolic OH excluding ortho intramolecular Hbond substituents is 1. The molecule has 2 heterocycles. The van der Waals surface area contributed by atoms with Gasteiger partial charge in [-0.2, -0.15) is 5.10 Å². The lowest BCUT2D eigenvalue weighted by Gasteiger charge is -2.07. The Morgan fingerprint density at radius 3 is 2.83 bits per heavy atom. The van der Waals surface area contributed by atoms with E-state index < -0.39 is 17.4 Å². The quantitative estimate of drug-likeness (QED) is 0.479. The Bertz CT molecular complexity index is 1210. The number of amides is 1. The van der Waals surface area contributed by atoms with Crippen molar-refractivity contribution in [2.24, 2.45) is 0 Å². The minimum Gasteiger partial charge on any atom is -0.505 e. The first kappa shape index (κ1) is 18.3. The highest BCUT2D eigenvalue weighted by atomic mass is 19.1. The van der Waals surface area contributed by atoms with Crippen molar-refractivity contribution in [2.75, 3.05) is 10.6 Å². The highest BCUT2D eigenvalue weighted by Crippen LogP contribution is 2.27. The number of fused-ring (bicyclic) bond motifs is 1. The van der Waals surface area contributed by atoms with Crippen LogP contribution in [0.5, 0.6) is 5.75 Å². The summed E-state index contributed by atoms with van der Waals surface area (Å²) in [6, 6.07) is 7.90. The second-order valence-electron chi connectivity index (χ2n) is 6.15. The van der Waals surface area contributed by atoms with Crippen molar-refractivity contribution in [3.8, 4) is 5.75 Å². The smallest absolute Gasteiger partial charge is 0.246 e. The van der Waals surface area contributed by atoms with Gasteiger partial charge in [0.2, 0.25) is 5.91 Å². The number of nitrogens with one attached hydrogen (secondary N) is 2. The molecule has 2 aromatic heterocycles. The maximum atomic E-state index is 13.7. The number of benzene rings is 2. The van der Waals surface area contributed by atoms with Crippen LogP contribution in [0.3, 0.4) is 0 Å². The molecule has 0 saturated carbocycles. The lowest BCUT2D eigenvalue weighted by atomic mass is 10.2. The Morgan fingerprint density at radius 1 is 1.14 bits per heavy atom. The summed E-state index contributed by atoms with van der Waals surface area (Å²) in [7, 11) is 0. The zero-order valence-electron chi connectivity index (χ0n) is 14.8. The summed E-state index contributed by atoms with van der Waals surface area (Å²) >= 11 is 0. The molecule has 1 amide bonds. The van der Waals surface area contributed by atoms with Gasteiger partial charge in [0, 0.05) is 23.3 Å². The molecule has 0 saturated heterocycles. The van der Waals surface area contributed by atoms with E-state index in [2.05, 4.69) is 25.7 Å². The van der Waals surface area contributed by atoms with Crippen molar-refractivity contribution in [3.63, 3.8) is 0 Å². The van der Waals surface area contributed by atoms with E-state index in [0.29, 0.717) is 28.1 Å². The highest BCUT2D eigenvalue weighted by Gasteiger charge is 2.11. The van der Waals surface area contributed by atoms with E-state index in [-0.39, 0.29) is 12.5 Å². The molecule has 4 aromatic rings. The number of hydrogen-bond donors (Lipinski definition) is 3. The molecule has 0 fully saturated rings. The number of nitrogens with zero attached hydrogens (tertiary/aromatic N) is 4. The zero-order chi connectivity index (χ0) is 20.4. The molecule has 2 aromatic carbocycles. The maximum absolute atomic E-state index is 13.7. The minimum atomic E-state index is -0.792. The number of aromatic nitrogens is 4. The molecular weight excluding hydrogens is 382 g/mol. The fourth-order valence-electron chi connectivity index (χ4n) is 2.73. The molecule has 0 aliphatic carbocycles. The van der Waals surface area contributed by atoms with Crippen LogP contribution >= 0.6 is 0 Å². The molecule has 3 N–H and O–H groups in total. The molecule has 8 nitrogen and oxygen atoms in total. The van der Waals surface area contributed by atoms with Gasteiger partial charge in [0.25, 0.3) is 0 Å². The van der Waals surface area contributed by atoms with Crippen molar-refractivity contribution in [1.82, 2.24) is 19.7 Å². The highest BCUT2D eigenvalue weighted by molar-refractivity contribution is 5.92. The summed E-state index contributed by atoms with van der Waals surface area (Å²) in [5.41, 5.74) is 1.22. The molecule has 4 rings (SSSR count). The Hall–Kier alpha value is -4.08. The molecule has 29 heavy (non-hydrogen) atoms. The van der Waals surface area contributed by atoms with Gasteiger partial charge in [0.1, 0.15) is 24.5 Å². The summed E-state index contributed by atoms with van der Waals surface area (Å²) in [4.78, 5) is 20.2. The minimum absolute atomic E-state index is 0.0920. The number of aromatic hydroxyl groups is 1. The van der Waals surface area contributed by atoms with Crippen LogP contribution in [-0.4, -0.2) is 30.8 Å². The number of hydrogen-bond acceptors (Lipinski definition) is 6. The standard InChI is InChI=1S/C19H14F2N6O2/c20-11-2-1-3-12(4-11)25-18(29)9-27-8-13(7-24-27)26-19-14-5-15(21)17(28)6-16(14)22-10-23-19/h1-8,10,28H,9H2,(H,25,29)(H,22,23,26). The number of phenols is 1. The van der Waals surface area contributed by atoms with Crippen LogP contribution in [0.4, 0.5) is 26.0 Å². The van der Waals surface area contributed by atoms with Gasteiger partial charge >= 0.3 is 0 Å². The second kappa shape index (κ2) is 7.50. The second-order valence-corrected chi connectivity index (χ2v) is 6.15. The van der Waals surface area contributed by atoms with Gasteiger partial charge < -0.3 is 15.7 Å². The molecule has 0 bridgehead atoms. The van der Waals surface area contributed by atoms with E-state index in [1.165, 1.54) is 41.5 Å². The van der Waals surface area contributed by atoms with Crippen LogP contribution in [0.15, 0.2) is 55.1 Å². The summed E-state index contributed by atoms with van der Waals surface area (Å²) in [5, 5.41) is 19.5. The van der Waals surface area contributed by atoms with E-state index >= 15 is 0 Å². The van der Waals surface area contributed by atoms with Crippen LogP contribution in [0.1, 0.15) is 0 Å². The fraction of sp³-hybridized carbons (Fsp3) is 0.0526. The fourth-order valence-corrected chi connectivity index (χ4v) is 2.73. The van der Waals surface area contributed by atoms with Crippen LogP contribution in [0.25, 0.3) is 10.9 Å². The van der Waals surface area contributed by atoms with Crippen molar-refractivity contribution in [3.05, 3.63) is 66.8 Å². The first-order valence-electron chi connectivity index (χ1n) is 8.46. The van der Waals surface area contributed by atoms with Gasteiger partial charge in [-0.15, -0.1) is 0 Å². The Labute approximate surface area is 162 Å². The van der Waals surface area contributed by atoms with Gasteiger partial charge in [-0.05, 0) is 24.3 Å². The number of carbonyl (C=O) groups is 1. The lowest BCUT2D eigenvalue weighted by Crippen LogP contribution is -2.19. The molecule has 0 atom stereocenters. The SMILES string of the molecule is O=C(Cn1cc(Nc2ncnc3cc(O)c(F)cc23)cn1)Nc1cccc(F)c1. The average Bonchev–Trinajstić information content (AvgIpc) is 3.10. The molecule has 146 valence electrons. The van der Waals surface area contributed by atoms with E-state index in [4.69, 9.17) is 0 Å². The molecule has 0 radical (unpaired) electrons. The Morgan fingerprint density at radius 2 is 2.00 bits per heavy atom. The van der Waals surface area contributed by atoms with Crippen LogP contribution in [0.2, 0.25) is 0 Å². The third kappa shape index (κ3) is 4.10. The van der Waals surface area contributed by atoms with Gasteiger partial charge in [-0.25, -0.2) is 18.7 Å². The van der Waals surface area contributed by atoms with Gasteiger partial charge in [-0.1, -0.05) is 6.07 Å². The molecule has 0 unspecified atom stereocenters. The average molecular weight is 396 g/mol. The summed E-state index contributed by atoms with van der Waals surface area (Å²) in [5.74, 6) is -1.80. The molecule has 0 aliphatic rings. The van der Waals surface area contributed by atoms with E-state index in [0.717, 1.165) is 6.07 Å². The maximum Gasteiger partial charge on any atom is 0.246 e. The molecule has 0 spiro atoms. The van der Waals surface area contributed by atoms with E-state index in [1.54, 1.807) is 12.3 Å². The molecular formula is C19H14F2N6O2. The Balaban J connectivity index is 1.48. The van der Waals surface area contributed by atoms with Crippen LogP contribution in [0, 0.1) is 11.6 Å². The third-order valence-electron chi connectivity index (χ3n) is 4.01. The third-order valence-corrected chi connectivity index (χ3v) is 4.01. The van der Waals surface area contributed by atoms with Crippen LogP contribution < -0.4 is 10.6 Å². The predicted molar refractivity (Wildman–Crippen MR) is 102 cm³/mol. The van der Waals surface area contributed by atoms with E-state index in [1.807, 2.05) is 0 Å². The van der Waals surface area contributed by atoms with Crippen molar-refractivity contribution < 1.29 is 18.7 Å². The predicted octanol–water partition coefficient (Wildman–Crippen LogP) is 3.19. The zero-order valence-corrected chi connectivity index (χ0v) is 14.8. The largest absolute Gasteiger partial charge is 0.505 e. The van der Waals surface area contributed by atoms with Crippen LogP contribution in [-0.2, 0) is 11.3 Å². The monoisotopic (exact) mass is 396 g/mol. The molecule has 10 heteroatoms. The molecule has 0 aliphatic heterocycles. The number of rotatable bonds is 5. The van der Waals surface area contributed by atoms with Gasteiger partial charge in [0.15, 0.2) is 11.6 Å². The number of anilines is 3. The Kier molecular flexibility index (Phi) is 4.73. The number of carbonyl (C=O) groups excluding carboxylic acids is 1. The summed E-state index contributed by atoms with van der Waals surface area (Å²) < 4.78 is 28.3. The normalized spacial score (nSPS) is 10.8. The van der Waals surface area contributed by atoms with Gasteiger partial charge in [-0.3, -0.25) is 9.48 Å². The van der Waals surface area contributed by atoms with E-state index in [9.17, 15) is 18.7 Å². The van der Waals surface area contributed by atoms with Crippen molar-refractivity contribution >= 4 is 34.0 Å². The topological polar surface area (TPSA) is 105 Å². The first-order chi connectivity index (χ1) is 14.0. The first-order valence-corrected chi connectivity index (χ1v) is 8.46. The lowest BCUT2D eigenvalue weighted by molar-refractivity contribution is -0.116. The van der Waals surface area contributed by atoms with Gasteiger partial charge in [0.05, 0.1) is 17.4 Å². The summed E-state index contributed by atoms with van der Waals surface area (Å²) in [6.45, 7) is -0.0920. The number of halogens is 2.